The highest BCUT2D eigenvalue weighted by atomic mass is 31.2. The molecule has 0 bridgehead atoms. The second-order valence-electron chi connectivity index (χ2n) is 17.8. The molecule has 0 fully saturated rings. The number of unbranched alkanes of at least 4 members (excludes halogenated alkanes) is 26. The lowest BCUT2D eigenvalue weighted by Crippen LogP contribution is -2.37. The average molecular weight is 855 g/mol. The lowest BCUT2D eigenvalue weighted by Gasteiger charge is -2.24. The third kappa shape index (κ3) is 47.6. The van der Waals surface area contributed by atoms with Gasteiger partial charge in [0.2, 0.25) is 0 Å². The van der Waals surface area contributed by atoms with Crippen molar-refractivity contribution >= 4 is 13.8 Å². The van der Waals surface area contributed by atoms with Crippen molar-refractivity contribution < 1.29 is 37.3 Å². The van der Waals surface area contributed by atoms with Crippen LogP contribution in [0.15, 0.2) is 36.5 Å². The fourth-order valence-corrected chi connectivity index (χ4v) is 7.66. The number of phosphoric acid groups is 1. The Bertz CT molecular complexity index is 1040. The van der Waals surface area contributed by atoms with Crippen LogP contribution in [0.2, 0.25) is 0 Å². The summed E-state index contributed by atoms with van der Waals surface area (Å²) in [6.07, 6.45) is 51.8. The van der Waals surface area contributed by atoms with Gasteiger partial charge in [0.15, 0.2) is 0 Å². The Balaban J connectivity index is 4.14. The fourth-order valence-electron chi connectivity index (χ4n) is 6.92. The maximum atomic E-state index is 12.7. The monoisotopic (exact) mass is 855 g/mol. The van der Waals surface area contributed by atoms with Gasteiger partial charge < -0.3 is 18.9 Å². The summed E-state index contributed by atoms with van der Waals surface area (Å²) in [6.45, 7) is 5.54. The maximum absolute atomic E-state index is 12.7. The third-order valence-electron chi connectivity index (χ3n) is 10.7. The summed E-state index contributed by atoms with van der Waals surface area (Å²) >= 11 is 0. The van der Waals surface area contributed by atoms with Gasteiger partial charge in [-0.25, -0.2) is 4.57 Å². The molecule has 0 radical (unpaired) electrons. The fraction of sp³-hybridized carbons (Fsp3) is 0.860. The number of nitrogens with zero attached hydrogens (tertiary/aromatic N) is 1. The zero-order valence-electron chi connectivity index (χ0n) is 39.5. The highest BCUT2D eigenvalue weighted by Gasteiger charge is 2.26. The highest BCUT2D eigenvalue weighted by molar-refractivity contribution is 7.47. The molecule has 0 heterocycles. The molecule has 0 aromatic carbocycles. The summed E-state index contributed by atoms with van der Waals surface area (Å²) < 4.78 is 35.1. The van der Waals surface area contributed by atoms with Crippen LogP contribution < -0.4 is 0 Å². The minimum Gasteiger partial charge on any atom is -0.457 e. The Morgan fingerprint density at radius 3 is 1.47 bits per heavy atom. The molecule has 0 amide bonds. The number of ether oxygens (including phenoxy) is 2. The van der Waals surface area contributed by atoms with Crippen LogP contribution in [0.5, 0.6) is 0 Å². The van der Waals surface area contributed by atoms with E-state index in [0.717, 1.165) is 57.8 Å². The van der Waals surface area contributed by atoms with Gasteiger partial charge in [-0.2, -0.15) is 0 Å². The highest BCUT2D eigenvalue weighted by Crippen LogP contribution is 2.43. The molecular formula is C50H97NO7P+. The van der Waals surface area contributed by atoms with Crippen molar-refractivity contribution in [1.29, 1.82) is 0 Å². The molecule has 8 nitrogen and oxygen atoms in total. The van der Waals surface area contributed by atoms with Gasteiger partial charge in [0.05, 0.1) is 34.4 Å². The molecule has 9 heteroatoms. The molecule has 1 N–H and O–H groups in total. The number of likely N-dealkylation sites (N-methyl/N-ethyl adjacent to an activating group) is 1. The molecule has 0 saturated carbocycles. The number of carbonyl (C=O) groups is 1. The third-order valence-corrected chi connectivity index (χ3v) is 11.7. The minimum atomic E-state index is -4.28. The standard InChI is InChI=1S/C50H96NO7P/c1-6-8-10-12-14-16-18-20-22-24-25-26-28-30-32-34-36-38-40-42-45-55-47-49(48-57-59(53,54)56-46-44-51(3,4)5)58-50(52)43-41-39-37-35-33-31-29-27-23-21-19-17-15-13-11-9-7-2/h9,11,15,17,21,23,49H,6-8,10,12-14,16,18-20,22,24-48H2,1-5H3/p+1/b11-9-,17-15-,23-21-. The second kappa shape index (κ2) is 43.4. The van der Waals surface area contributed by atoms with Crippen molar-refractivity contribution in [2.75, 3.05) is 54.1 Å². The zero-order chi connectivity index (χ0) is 43.4. The van der Waals surface area contributed by atoms with Gasteiger partial charge in [-0.15, -0.1) is 0 Å². The van der Waals surface area contributed by atoms with Gasteiger partial charge in [-0.1, -0.05) is 204 Å². The molecule has 0 spiro atoms. The maximum Gasteiger partial charge on any atom is 0.472 e. The quantitative estimate of drug-likeness (QED) is 0.0214. The van der Waals surface area contributed by atoms with Crippen molar-refractivity contribution in [1.82, 2.24) is 0 Å². The van der Waals surface area contributed by atoms with Crippen LogP contribution in [0.25, 0.3) is 0 Å². The molecule has 348 valence electrons. The van der Waals surface area contributed by atoms with Crippen molar-refractivity contribution in [2.45, 2.75) is 225 Å². The topological polar surface area (TPSA) is 91.3 Å². The first-order chi connectivity index (χ1) is 28.6. The van der Waals surface area contributed by atoms with E-state index in [9.17, 15) is 14.3 Å². The summed E-state index contributed by atoms with van der Waals surface area (Å²) in [5.41, 5.74) is 0. The Labute approximate surface area is 365 Å². The van der Waals surface area contributed by atoms with Gasteiger partial charge in [-0.05, 0) is 44.9 Å². The largest absolute Gasteiger partial charge is 0.472 e. The SMILES string of the molecule is CC/C=C\C/C=C\C/C=C\CCCCCCCCCC(=O)OC(COCCCCCCCCCCCCCCCCCCCCCC)COP(=O)(O)OCC[N+](C)(C)C. The van der Waals surface area contributed by atoms with Gasteiger partial charge in [0, 0.05) is 13.0 Å². The van der Waals surface area contributed by atoms with Gasteiger partial charge in [-0.3, -0.25) is 13.8 Å². The predicted octanol–water partition coefficient (Wildman–Crippen LogP) is 14.9. The molecule has 0 aliphatic rings. The summed E-state index contributed by atoms with van der Waals surface area (Å²) in [6, 6.07) is 0. The van der Waals surface area contributed by atoms with Gasteiger partial charge >= 0.3 is 13.8 Å². The first-order valence-corrected chi connectivity index (χ1v) is 26.2. The minimum absolute atomic E-state index is 0.0875. The Morgan fingerprint density at radius 2 is 0.983 bits per heavy atom. The van der Waals surface area contributed by atoms with Crippen molar-refractivity contribution in [3.8, 4) is 0 Å². The number of hydrogen-bond donors (Lipinski definition) is 1. The molecule has 2 unspecified atom stereocenters. The summed E-state index contributed by atoms with van der Waals surface area (Å²) in [5.74, 6) is -0.321. The van der Waals surface area contributed by atoms with Crippen molar-refractivity contribution in [3.63, 3.8) is 0 Å². The van der Waals surface area contributed by atoms with Gasteiger partial charge in [0.25, 0.3) is 0 Å². The zero-order valence-corrected chi connectivity index (χ0v) is 40.4. The average Bonchev–Trinajstić information content (AvgIpc) is 3.19. The lowest BCUT2D eigenvalue weighted by molar-refractivity contribution is -0.870. The number of allylic oxidation sites excluding steroid dienone is 6. The van der Waals surface area contributed by atoms with Gasteiger partial charge in [0.1, 0.15) is 19.3 Å². The summed E-state index contributed by atoms with van der Waals surface area (Å²) in [7, 11) is 1.67. The molecule has 0 aromatic heterocycles. The van der Waals surface area contributed by atoms with E-state index in [2.05, 4.69) is 50.3 Å². The molecule has 2 atom stereocenters. The van der Waals surface area contributed by atoms with E-state index in [-0.39, 0.29) is 25.8 Å². The van der Waals surface area contributed by atoms with E-state index in [1.165, 1.54) is 141 Å². The first kappa shape index (κ1) is 57.7. The van der Waals surface area contributed by atoms with Crippen LogP contribution >= 0.6 is 7.82 Å². The summed E-state index contributed by atoms with van der Waals surface area (Å²) in [4.78, 5) is 23.0. The van der Waals surface area contributed by atoms with E-state index in [1.54, 1.807) is 0 Å². The molecule has 0 aromatic rings. The van der Waals surface area contributed by atoms with Crippen molar-refractivity contribution in [3.05, 3.63) is 36.5 Å². The number of rotatable bonds is 46. The van der Waals surface area contributed by atoms with Crippen LogP contribution in [0, 0.1) is 0 Å². The number of esters is 1. The number of hydrogen-bond acceptors (Lipinski definition) is 6. The van der Waals surface area contributed by atoms with E-state index in [0.29, 0.717) is 24.1 Å². The van der Waals surface area contributed by atoms with E-state index in [1.807, 2.05) is 21.1 Å². The smallest absolute Gasteiger partial charge is 0.457 e. The first-order valence-electron chi connectivity index (χ1n) is 24.7. The summed E-state index contributed by atoms with van der Waals surface area (Å²) in [5, 5.41) is 0. The molecule has 0 saturated heterocycles. The normalized spacial score (nSPS) is 13.9. The second-order valence-corrected chi connectivity index (χ2v) is 19.3. The van der Waals surface area contributed by atoms with Crippen LogP contribution in [-0.2, 0) is 27.9 Å². The van der Waals surface area contributed by atoms with Crippen molar-refractivity contribution in [2.24, 2.45) is 0 Å². The van der Waals surface area contributed by atoms with E-state index >= 15 is 0 Å². The number of phosphoric ester groups is 1. The van der Waals surface area contributed by atoms with Crippen LogP contribution in [0.3, 0.4) is 0 Å². The van der Waals surface area contributed by atoms with Crippen LogP contribution in [0.4, 0.5) is 0 Å². The molecule has 0 rings (SSSR count). The van der Waals surface area contributed by atoms with E-state index in [4.69, 9.17) is 18.5 Å². The Kier molecular flexibility index (Phi) is 42.4. The number of quaternary nitrogens is 1. The van der Waals surface area contributed by atoms with Crippen LogP contribution in [-0.4, -0.2) is 75.6 Å². The molecule has 0 aliphatic carbocycles. The van der Waals surface area contributed by atoms with Crippen LogP contribution in [0.1, 0.15) is 219 Å². The molecular weight excluding hydrogens is 758 g/mol. The predicted molar refractivity (Wildman–Crippen MR) is 252 cm³/mol. The lowest BCUT2D eigenvalue weighted by atomic mass is 10.0. The Hall–Kier alpha value is -1.28. The Morgan fingerprint density at radius 1 is 0.542 bits per heavy atom. The number of carbonyl (C=O) groups excluding carboxylic acids is 1. The molecule has 0 aliphatic heterocycles. The van der Waals surface area contributed by atoms with E-state index < -0.39 is 13.9 Å². The molecule has 59 heavy (non-hydrogen) atoms.